The van der Waals surface area contributed by atoms with E-state index < -0.39 is 12.1 Å². The molecule has 2 atom stereocenters. The van der Waals surface area contributed by atoms with E-state index in [1.807, 2.05) is 84.9 Å². The number of rotatable bonds is 10. The van der Waals surface area contributed by atoms with Crippen molar-refractivity contribution in [3.8, 4) is 11.5 Å². The van der Waals surface area contributed by atoms with Gasteiger partial charge in [-0.3, -0.25) is 4.79 Å². The molecule has 1 heterocycles. The zero-order valence-corrected chi connectivity index (χ0v) is 23.0. The maximum atomic E-state index is 13.9. The number of fused-ring (bicyclic) bond motifs is 2. The summed E-state index contributed by atoms with van der Waals surface area (Å²) >= 11 is 0. The van der Waals surface area contributed by atoms with Gasteiger partial charge in [-0.05, 0) is 47.2 Å². The molecule has 4 aromatic rings. The quantitative estimate of drug-likeness (QED) is 0.223. The summed E-state index contributed by atoms with van der Waals surface area (Å²) in [6.45, 7) is 5.33. The molecule has 1 aliphatic rings. The van der Waals surface area contributed by atoms with E-state index in [-0.39, 0.29) is 5.91 Å². The lowest BCUT2D eigenvalue weighted by atomic mass is 9.98. The fourth-order valence-corrected chi connectivity index (χ4v) is 4.98. The van der Waals surface area contributed by atoms with E-state index in [2.05, 4.69) is 48.7 Å². The summed E-state index contributed by atoms with van der Waals surface area (Å²) in [5.41, 5.74) is 5.55. The average molecular weight is 533 g/mol. The molecule has 4 aromatic carbocycles. The molecule has 0 aromatic heterocycles. The number of amides is 1. The third kappa shape index (κ3) is 6.68. The number of nitrogens with one attached hydrogen (secondary N) is 2. The predicted octanol–water partition coefficient (Wildman–Crippen LogP) is 6.33. The third-order valence-electron chi connectivity index (χ3n) is 7.24. The lowest BCUT2D eigenvalue weighted by Crippen LogP contribution is -2.48. The van der Waals surface area contributed by atoms with E-state index in [1.54, 1.807) is 0 Å². The number of carbonyl (C=O) groups excluding carboxylic acids is 1. The molecule has 40 heavy (non-hydrogen) atoms. The van der Waals surface area contributed by atoms with Gasteiger partial charge in [0.1, 0.15) is 11.5 Å². The van der Waals surface area contributed by atoms with Crippen LogP contribution >= 0.6 is 0 Å². The van der Waals surface area contributed by atoms with Crippen molar-refractivity contribution in [3.63, 3.8) is 0 Å². The van der Waals surface area contributed by atoms with Gasteiger partial charge in [0.15, 0.2) is 0 Å². The summed E-state index contributed by atoms with van der Waals surface area (Å²) in [7, 11) is 0. The monoisotopic (exact) mass is 532 g/mol. The largest absolute Gasteiger partial charge is 0.456 e. The highest BCUT2D eigenvalue weighted by molar-refractivity contribution is 6.25. The Kier molecular flexibility index (Phi) is 8.74. The lowest BCUT2D eigenvalue weighted by Gasteiger charge is -2.25. The first-order valence-electron chi connectivity index (χ1n) is 13.9. The van der Waals surface area contributed by atoms with E-state index in [9.17, 15) is 9.90 Å². The van der Waals surface area contributed by atoms with Crippen molar-refractivity contribution in [1.82, 2.24) is 10.6 Å². The molecule has 5 nitrogen and oxygen atoms in total. The third-order valence-corrected chi connectivity index (χ3v) is 7.24. The number of hydrogen-bond acceptors (Lipinski definition) is 4. The Balaban J connectivity index is 1.35. The second-order valence-electron chi connectivity index (χ2n) is 10.6. The van der Waals surface area contributed by atoms with Crippen LogP contribution in [0.1, 0.15) is 47.6 Å². The Morgan fingerprint density at radius 3 is 2.33 bits per heavy atom. The minimum atomic E-state index is -0.803. The second-order valence-corrected chi connectivity index (χ2v) is 10.6. The fourth-order valence-electron chi connectivity index (χ4n) is 4.98. The SMILES string of the molecule is CC(C)c1cccc(CNC[C@@H](O)[C@H](Cc2ccccc2)NC(=O)C2=Cc3ccccc3Oc3ccccc32)c1. The predicted molar refractivity (Wildman–Crippen MR) is 161 cm³/mol. The molecular formula is C35H36N2O3. The molecule has 0 unspecified atom stereocenters. The van der Waals surface area contributed by atoms with Crippen molar-refractivity contribution in [2.24, 2.45) is 0 Å². The molecule has 0 fully saturated rings. The Labute approximate surface area is 236 Å². The van der Waals surface area contributed by atoms with Crippen molar-refractivity contribution >= 4 is 17.6 Å². The van der Waals surface area contributed by atoms with E-state index in [0.717, 1.165) is 11.1 Å². The Morgan fingerprint density at radius 1 is 0.825 bits per heavy atom. The first-order chi connectivity index (χ1) is 19.5. The van der Waals surface area contributed by atoms with Crippen LogP contribution < -0.4 is 15.4 Å². The zero-order chi connectivity index (χ0) is 27.9. The molecule has 5 rings (SSSR count). The molecular weight excluding hydrogens is 496 g/mol. The van der Waals surface area contributed by atoms with E-state index >= 15 is 0 Å². The van der Waals surface area contributed by atoms with Crippen LogP contribution in [0.2, 0.25) is 0 Å². The minimum Gasteiger partial charge on any atom is -0.456 e. The molecule has 0 saturated heterocycles. The fraction of sp³-hybridized carbons (Fsp3) is 0.229. The highest BCUT2D eigenvalue weighted by Crippen LogP contribution is 2.37. The van der Waals surface area contributed by atoms with Crippen LogP contribution in [0.25, 0.3) is 11.6 Å². The van der Waals surface area contributed by atoms with Crippen molar-refractivity contribution < 1.29 is 14.6 Å². The van der Waals surface area contributed by atoms with Crippen LogP contribution in [-0.4, -0.2) is 29.7 Å². The Bertz CT molecular complexity index is 1480. The Hall–Kier alpha value is -4.19. The van der Waals surface area contributed by atoms with E-state index in [1.165, 1.54) is 11.1 Å². The molecule has 3 N–H and O–H groups in total. The number of ether oxygens (including phenoxy) is 1. The highest BCUT2D eigenvalue weighted by Gasteiger charge is 2.26. The van der Waals surface area contributed by atoms with Gasteiger partial charge in [-0.2, -0.15) is 0 Å². The summed E-state index contributed by atoms with van der Waals surface area (Å²) < 4.78 is 6.16. The number of hydrogen-bond donors (Lipinski definition) is 3. The molecule has 5 heteroatoms. The van der Waals surface area contributed by atoms with Crippen LogP contribution in [0, 0.1) is 0 Å². The lowest BCUT2D eigenvalue weighted by molar-refractivity contribution is -0.117. The number of benzene rings is 4. The summed E-state index contributed by atoms with van der Waals surface area (Å²) in [5, 5.41) is 17.9. The Morgan fingerprint density at radius 2 is 1.52 bits per heavy atom. The maximum absolute atomic E-state index is 13.9. The summed E-state index contributed by atoms with van der Waals surface area (Å²) in [5.74, 6) is 1.53. The van der Waals surface area contributed by atoms with Crippen molar-refractivity contribution in [2.75, 3.05) is 6.54 Å². The van der Waals surface area contributed by atoms with Gasteiger partial charge in [0.25, 0.3) is 5.91 Å². The van der Waals surface area contributed by atoms with Gasteiger partial charge in [-0.25, -0.2) is 0 Å². The van der Waals surface area contributed by atoms with Crippen LogP contribution in [0.15, 0.2) is 103 Å². The van der Waals surface area contributed by atoms with Crippen LogP contribution in [0.5, 0.6) is 11.5 Å². The number of aliphatic hydroxyl groups excluding tert-OH is 1. The van der Waals surface area contributed by atoms with Gasteiger partial charge in [0, 0.05) is 24.2 Å². The minimum absolute atomic E-state index is 0.252. The molecule has 0 spiro atoms. The summed E-state index contributed by atoms with van der Waals surface area (Å²) in [6, 6.07) is 33.1. The zero-order valence-electron chi connectivity index (χ0n) is 23.0. The first-order valence-corrected chi connectivity index (χ1v) is 13.9. The molecule has 204 valence electrons. The summed E-state index contributed by atoms with van der Waals surface area (Å²) in [4.78, 5) is 13.9. The van der Waals surface area contributed by atoms with Gasteiger partial charge >= 0.3 is 0 Å². The molecule has 1 aliphatic heterocycles. The summed E-state index contributed by atoms with van der Waals surface area (Å²) in [6.07, 6.45) is 1.56. The van der Waals surface area contributed by atoms with E-state index in [4.69, 9.17) is 4.74 Å². The molecule has 0 aliphatic carbocycles. The van der Waals surface area contributed by atoms with Gasteiger partial charge in [-0.15, -0.1) is 0 Å². The van der Waals surface area contributed by atoms with Crippen molar-refractivity contribution in [3.05, 3.63) is 131 Å². The van der Waals surface area contributed by atoms with Crippen LogP contribution in [0.4, 0.5) is 0 Å². The van der Waals surface area contributed by atoms with Crippen molar-refractivity contribution in [1.29, 1.82) is 0 Å². The number of carbonyl (C=O) groups is 1. The van der Waals surface area contributed by atoms with Crippen molar-refractivity contribution in [2.45, 2.75) is 44.9 Å². The molecule has 0 bridgehead atoms. The maximum Gasteiger partial charge on any atom is 0.252 e. The number of aliphatic hydroxyl groups is 1. The smallest absolute Gasteiger partial charge is 0.252 e. The second kappa shape index (κ2) is 12.8. The van der Waals surface area contributed by atoms with Gasteiger partial charge in [0.2, 0.25) is 0 Å². The normalized spacial score (nSPS) is 13.8. The average Bonchev–Trinajstić information content (AvgIpc) is 3.14. The highest BCUT2D eigenvalue weighted by atomic mass is 16.5. The van der Waals surface area contributed by atoms with Crippen LogP contribution in [0.3, 0.4) is 0 Å². The molecule has 1 amide bonds. The first kappa shape index (κ1) is 27.4. The van der Waals surface area contributed by atoms with E-state index in [0.29, 0.717) is 48.1 Å². The van der Waals surface area contributed by atoms with Gasteiger partial charge in [0.05, 0.1) is 17.7 Å². The van der Waals surface area contributed by atoms with Crippen LogP contribution in [-0.2, 0) is 17.8 Å². The van der Waals surface area contributed by atoms with Gasteiger partial charge < -0.3 is 20.5 Å². The molecule has 0 saturated carbocycles. The number of para-hydroxylation sites is 2. The topological polar surface area (TPSA) is 70.6 Å². The van der Waals surface area contributed by atoms with Gasteiger partial charge in [-0.1, -0.05) is 105 Å². The molecule has 0 radical (unpaired) electrons. The standard InChI is InChI=1S/C35H36N2O3/c1-24(2)27-15-10-13-26(19-27)22-36-23-32(38)31(20-25-11-4-3-5-12-25)37-35(39)30-21-28-14-6-8-17-33(28)40-34-18-9-7-16-29(30)34/h3-19,21,24,31-32,36,38H,20,22-23H2,1-2H3,(H,37,39)/t31-,32+/m0/s1.